The van der Waals surface area contributed by atoms with Crippen molar-refractivity contribution in [2.75, 3.05) is 0 Å². The van der Waals surface area contributed by atoms with E-state index in [1.54, 1.807) is 0 Å². The van der Waals surface area contributed by atoms with E-state index in [1.807, 2.05) is 0 Å². The first kappa shape index (κ1) is 15.3. The van der Waals surface area contributed by atoms with Crippen LogP contribution in [0.3, 0.4) is 0 Å². The Morgan fingerprint density at radius 2 is 1.65 bits per heavy atom. The van der Waals surface area contributed by atoms with Crippen LogP contribution in [0.1, 0.15) is 36.6 Å². The fourth-order valence-electron chi connectivity index (χ4n) is 2.41. The Kier molecular flexibility index (Phi) is 5.38. The van der Waals surface area contributed by atoms with Crippen LogP contribution in [-0.4, -0.2) is 0 Å². The summed E-state index contributed by atoms with van der Waals surface area (Å²) >= 11 is 3.46. The lowest BCUT2D eigenvalue weighted by molar-refractivity contribution is 0.644. The maximum absolute atomic E-state index is 6.35. The van der Waals surface area contributed by atoms with Gasteiger partial charge in [0.15, 0.2) is 0 Å². The Balaban J connectivity index is 2.08. The molecule has 0 aliphatic rings. The van der Waals surface area contributed by atoms with E-state index in [0.717, 1.165) is 17.3 Å². The van der Waals surface area contributed by atoms with Gasteiger partial charge in [0, 0.05) is 10.5 Å². The minimum Gasteiger partial charge on any atom is -0.324 e. The molecule has 106 valence electrons. The van der Waals surface area contributed by atoms with E-state index in [2.05, 4.69) is 78.3 Å². The first-order valence-electron chi connectivity index (χ1n) is 7.13. The SMILES string of the molecule is CC(C)Cc1cccc(C(N)Cc2ccc(Br)cc2)c1. The van der Waals surface area contributed by atoms with Gasteiger partial charge in [-0.3, -0.25) is 0 Å². The Morgan fingerprint density at radius 1 is 0.950 bits per heavy atom. The highest BCUT2D eigenvalue weighted by molar-refractivity contribution is 9.10. The standard InChI is InChI=1S/C18H22BrN/c1-13(2)10-15-4-3-5-16(11-15)18(20)12-14-6-8-17(19)9-7-14/h3-9,11,13,18H,10,12,20H2,1-2H3. The molecule has 1 unspecified atom stereocenters. The predicted molar refractivity (Wildman–Crippen MR) is 89.8 cm³/mol. The molecule has 0 aliphatic carbocycles. The van der Waals surface area contributed by atoms with Crippen molar-refractivity contribution in [2.45, 2.75) is 32.7 Å². The molecule has 0 bridgehead atoms. The van der Waals surface area contributed by atoms with Crippen LogP contribution < -0.4 is 5.73 Å². The van der Waals surface area contributed by atoms with Gasteiger partial charge in [-0.2, -0.15) is 0 Å². The number of hydrogen-bond donors (Lipinski definition) is 1. The fraction of sp³-hybridized carbons (Fsp3) is 0.333. The summed E-state index contributed by atoms with van der Waals surface area (Å²) in [7, 11) is 0. The molecule has 2 aromatic rings. The molecule has 0 amide bonds. The highest BCUT2D eigenvalue weighted by atomic mass is 79.9. The molecule has 2 rings (SSSR count). The molecule has 0 spiro atoms. The normalized spacial score (nSPS) is 12.7. The van der Waals surface area contributed by atoms with Crippen LogP contribution in [0, 0.1) is 5.92 Å². The molecule has 0 aromatic heterocycles. The summed E-state index contributed by atoms with van der Waals surface area (Å²) in [4.78, 5) is 0. The lowest BCUT2D eigenvalue weighted by atomic mass is 9.95. The number of nitrogens with two attached hydrogens (primary N) is 1. The van der Waals surface area contributed by atoms with Gasteiger partial charge in [-0.1, -0.05) is 66.2 Å². The molecule has 0 saturated heterocycles. The fourth-order valence-corrected chi connectivity index (χ4v) is 2.68. The number of halogens is 1. The summed E-state index contributed by atoms with van der Waals surface area (Å²) in [6.07, 6.45) is 1.98. The van der Waals surface area contributed by atoms with E-state index in [-0.39, 0.29) is 6.04 Å². The largest absolute Gasteiger partial charge is 0.324 e. The van der Waals surface area contributed by atoms with Crippen molar-refractivity contribution in [3.8, 4) is 0 Å². The Bertz CT molecular complexity index is 546. The molecule has 2 aromatic carbocycles. The van der Waals surface area contributed by atoms with Crippen molar-refractivity contribution in [3.05, 3.63) is 69.7 Å². The molecule has 0 saturated carbocycles. The van der Waals surface area contributed by atoms with Crippen molar-refractivity contribution in [3.63, 3.8) is 0 Å². The van der Waals surface area contributed by atoms with Gasteiger partial charge in [0.25, 0.3) is 0 Å². The van der Waals surface area contributed by atoms with Crippen LogP contribution in [0.4, 0.5) is 0 Å². The number of hydrogen-bond acceptors (Lipinski definition) is 1. The molecule has 0 radical (unpaired) electrons. The van der Waals surface area contributed by atoms with Crippen LogP contribution in [0.2, 0.25) is 0 Å². The summed E-state index contributed by atoms with van der Waals surface area (Å²) < 4.78 is 1.11. The van der Waals surface area contributed by atoms with Crippen molar-refractivity contribution in [1.82, 2.24) is 0 Å². The molecule has 0 aliphatic heterocycles. The van der Waals surface area contributed by atoms with Gasteiger partial charge in [0.1, 0.15) is 0 Å². The summed E-state index contributed by atoms with van der Waals surface area (Å²) in [5.74, 6) is 0.674. The van der Waals surface area contributed by atoms with E-state index in [4.69, 9.17) is 5.73 Å². The second-order valence-electron chi connectivity index (χ2n) is 5.78. The maximum atomic E-state index is 6.35. The highest BCUT2D eigenvalue weighted by Gasteiger charge is 2.08. The summed E-state index contributed by atoms with van der Waals surface area (Å²) in [5.41, 5.74) is 10.2. The van der Waals surface area contributed by atoms with Gasteiger partial charge in [-0.05, 0) is 47.6 Å². The quantitative estimate of drug-likeness (QED) is 0.829. The van der Waals surface area contributed by atoms with Gasteiger partial charge in [-0.25, -0.2) is 0 Å². The van der Waals surface area contributed by atoms with Gasteiger partial charge >= 0.3 is 0 Å². The molecule has 0 fully saturated rings. The first-order valence-corrected chi connectivity index (χ1v) is 7.93. The smallest absolute Gasteiger partial charge is 0.0335 e. The van der Waals surface area contributed by atoms with Crippen LogP contribution in [0.5, 0.6) is 0 Å². The van der Waals surface area contributed by atoms with Crippen molar-refractivity contribution < 1.29 is 0 Å². The predicted octanol–water partition coefficient (Wildman–Crippen LogP) is 4.89. The second kappa shape index (κ2) is 7.05. The van der Waals surface area contributed by atoms with E-state index < -0.39 is 0 Å². The van der Waals surface area contributed by atoms with E-state index in [0.29, 0.717) is 5.92 Å². The van der Waals surface area contributed by atoms with Crippen molar-refractivity contribution in [2.24, 2.45) is 11.7 Å². The van der Waals surface area contributed by atoms with E-state index >= 15 is 0 Å². The van der Waals surface area contributed by atoms with Crippen LogP contribution in [0.25, 0.3) is 0 Å². The van der Waals surface area contributed by atoms with E-state index in [1.165, 1.54) is 16.7 Å². The van der Waals surface area contributed by atoms with Crippen LogP contribution >= 0.6 is 15.9 Å². The monoisotopic (exact) mass is 331 g/mol. The third-order valence-electron chi connectivity index (χ3n) is 3.39. The molecule has 2 N–H and O–H groups in total. The number of benzene rings is 2. The van der Waals surface area contributed by atoms with Gasteiger partial charge in [0.2, 0.25) is 0 Å². The molecular weight excluding hydrogens is 310 g/mol. The summed E-state index contributed by atoms with van der Waals surface area (Å²) in [6, 6.07) is 17.1. The topological polar surface area (TPSA) is 26.0 Å². The minimum absolute atomic E-state index is 0.0586. The zero-order valence-corrected chi connectivity index (χ0v) is 13.7. The lowest BCUT2D eigenvalue weighted by Gasteiger charge is -2.14. The molecule has 20 heavy (non-hydrogen) atoms. The molecular formula is C18H22BrN. The summed E-state index contributed by atoms with van der Waals surface area (Å²) in [5, 5.41) is 0. The summed E-state index contributed by atoms with van der Waals surface area (Å²) in [6.45, 7) is 4.49. The second-order valence-corrected chi connectivity index (χ2v) is 6.70. The molecule has 1 nitrogen and oxygen atoms in total. The molecule has 1 atom stereocenters. The lowest BCUT2D eigenvalue weighted by Crippen LogP contribution is -2.13. The zero-order chi connectivity index (χ0) is 14.5. The first-order chi connectivity index (χ1) is 9.54. The van der Waals surface area contributed by atoms with Gasteiger partial charge < -0.3 is 5.73 Å². The van der Waals surface area contributed by atoms with Crippen LogP contribution in [0.15, 0.2) is 53.0 Å². The zero-order valence-electron chi connectivity index (χ0n) is 12.1. The molecule has 0 heterocycles. The average molecular weight is 332 g/mol. The van der Waals surface area contributed by atoms with Crippen molar-refractivity contribution in [1.29, 1.82) is 0 Å². The Labute approximate surface area is 130 Å². The van der Waals surface area contributed by atoms with Crippen molar-refractivity contribution >= 4 is 15.9 Å². The third kappa shape index (κ3) is 4.46. The Morgan fingerprint density at radius 3 is 2.30 bits per heavy atom. The average Bonchev–Trinajstić information content (AvgIpc) is 2.41. The highest BCUT2D eigenvalue weighted by Crippen LogP contribution is 2.20. The van der Waals surface area contributed by atoms with Crippen LogP contribution in [-0.2, 0) is 12.8 Å². The number of rotatable bonds is 5. The Hall–Kier alpha value is -1.12. The van der Waals surface area contributed by atoms with Gasteiger partial charge in [-0.15, -0.1) is 0 Å². The minimum atomic E-state index is 0.0586. The maximum Gasteiger partial charge on any atom is 0.0335 e. The third-order valence-corrected chi connectivity index (χ3v) is 3.92. The van der Waals surface area contributed by atoms with Gasteiger partial charge in [0.05, 0.1) is 0 Å². The van der Waals surface area contributed by atoms with E-state index in [9.17, 15) is 0 Å². The molecule has 2 heteroatoms.